The number of amides is 1. The Balaban J connectivity index is 0.00000361. The molecule has 0 bridgehead atoms. The van der Waals surface area contributed by atoms with E-state index in [1.54, 1.807) is 0 Å². The maximum atomic E-state index is 11.6. The predicted molar refractivity (Wildman–Crippen MR) is 87.3 cm³/mol. The average Bonchev–Trinajstić information content (AvgIpc) is 2.43. The Morgan fingerprint density at radius 1 is 1.15 bits per heavy atom. The number of nitrogens with one attached hydrogen (secondary N) is 2. The highest BCUT2D eigenvalue weighted by Crippen LogP contribution is 2.05. The van der Waals surface area contributed by atoms with E-state index in [-0.39, 0.29) is 24.2 Å². The van der Waals surface area contributed by atoms with Crippen LogP contribution in [-0.4, -0.2) is 26.0 Å². The summed E-state index contributed by atoms with van der Waals surface area (Å²) in [6.07, 6.45) is 4.54. The molecule has 1 amide bonds. The first-order valence-electron chi connectivity index (χ1n) is 7.20. The zero-order chi connectivity index (χ0) is 13.9. The number of hydrogen-bond donors (Lipinski definition) is 2. The van der Waals surface area contributed by atoms with Crippen molar-refractivity contribution in [2.24, 2.45) is 5.92 Å². The summed E-state index contributed by atoms with van der Waals surface area (Å²) in [5.74, 6) is 0.201. The minimum absolute atomic E-state index is 0. The van der Waals surface area contributed by atoms with Crippen LogP contribution in [0.5, 0.6) is 0 Å². The van der Waals surface area contributed by atoms with Crippen molar-refractivity contribution in [3.8, 4) is 0 Å². The summed E-state index contributed by atoms with van der Waals surface area (Å²) in [6.45, 7) is 3.47. The fourth-order valence-corrected chi connectivity index (χ4v) is 2.06. The largest absolute Gasteiger partial charge is 0.356 e. The Morgan fingerprint density at radius 3 is 2.50 bits per heavy atom. The standard InChI is InChI=1S/C16H26N2O.ClH/c1-14(13-17-2)16(19)18-12-8-4-7-11-15-9-5-3-6-10-15;/h3,5-6,9-10,14,17H,4,7-8,11-13H2,1-2H3,(H,18,19);1H. The van der Waals surface area contributed by atoms with E-state index in [2.05, 4.69) is 34.9 Å². The number of benzene rings is 1. The van der Waals surface area contributed by atoms with Crippen molar-refractivity contribution in [2.75, 3.05) is 20.1 Å². The minimum Gasteiger partial charge on any atom is -0.356 e. The molecule has 1 unspecified atom stereocenters. The number of rotatable bonds is 9. The molecule has 0 saturated carbocycles. The summed E-state index contributed by atoms with van der Waals surface area (Å²) >= 11 is 0. The monoisotopic (exact) mass is 298 g/mol. The third kappa shape index (κ3) is 8.18. The maximum absolute atomic E-state index is 11.6. The lowest BCUT2D eigenvalue weighted by Gasteiger charge is -2.11. The van der Waals surface area contributed by atoms with Crippen molar-refractivity contribution in [2.45, 2.75) is 32.6 Å². The summed E-state index contributed by atoms with van der Waals surface area (Å²) in [6, 6.07) is 10.5. The molecular weight excluding hydrogens is 272 g/mol. The third-order valence-corrected chi connectivity index (χ3v) is 3.24. The van der Waals surface area contributed by atoms with E-state index in [9.17, 15) is 4.79 Å². The molecule has 0 aliphatic carbocycles. The molecule has 2 N–H and O–H groups in total. The summed E-state index contributed by atoms with van der Waals surface area (Å²) in [4.78, 5) is 11.6. The molecule has 0 fully saturated rings. The van der Waals surface area contributed by atoms with Crippen LogP contribution in [0.3, 0.4) is 0 Å². The maximum Gasteiger partial charge on any atom is 0.224 e. The number of halogens is 1. The van der Waals surface area contributed by atoms with Crippen LogP contribution < -0.4 is 10.6 Å². The number of carbonyl (C=O) groups excluding carboxylic acids is 1. The quantitative estimate of drug-likeness (QED) is 0.688. The molecule has 0 aliphatic rings. The van der Waals surface area contributed by atoms with Gasteiger partial charge in [-0.3, -0.25) is 4.79 Å². The number of hydrogen-bond acceptors (Lipinski definition) is 2. The van der Waals surface area contributed by atoms with Gasteiger partial charge in [0.2, 0.25) is 5.91 Å². The van der Waals surface area contributed by atoms with Crippen LogP contribution in [0.2, 0.25) is 0 Å². The number of carbonyl (C=O) groups is 1. The van der Waals surface area contributed by atoms with Gasteiger partial charge in [0, 0.05) is 19.0 Å². The van der Waals surface area contributed by atoms with Crippen molar-refractivity contribution >= 4 is 18.3 Å². The normalized spacial score (nSPS) is 11.5. The minimum atomic E-state index is 0. The second-order valence-electron chi connectivity index (χ2n) is 5.05. The van der Waals surface area contributed by atoms with E-state index in [1.807, 2.05) is 20.0 Å². The average molecular weight is 299 g/mol. The van der Waals surface area contributed by atoms with Crippen molar-refractivity contribution in [1.29, 1.82) is 0 Å². The van der Waals surface area contributed by atoms with E-state index < -0.39 is 0 Å². The highest BCUT2D eigenvalue weighted by molar-refractivity contribution is 5.85. The molecule has 114 valence electrons. The van der Waals surface area contributed by atoms with E-state index in [1.165, 1.54) is 12.0 Å². The van der Waals surface area contributed by atoms with Crippen LogP contribution in [0, 0.1) is 5.92 Å². The van der Waals surface area contributed by atoms with E-state index in [0.29, 0.717) is 0 Å². The first kappa shape index (κ1) is 18.9. The van der Waals surface area contributed by atoms with Gasteiger partial charge < -0.3 is 10.6 Å². The molecule has 1 atom stereocenters. The van der Waals surface area contributed by atoms with Crippen LogP contribution in [0.25, 0.3) is 0 Å². The first-order valence-corrected chi connectivity index (χ1v) is 7.20. The SMILES string of the molecule is CNCC(C)C(=O)NCCCCCc1ccccc1.Cl. The Bertz CT molecular complexity index is 357. The van der Waals surface area contributed by atoms with Gasteiger partial charge >= 0.3 is 0 Å². The molecule has 0 spiro atoms. The van der Waals surface area contributed by atoms with Gasteiger partial charge in [0.05, 0.1) is 0 Å². The third-order valence-electron chi connectivity index (χ3n) is 3.24. The van der Waals surface area contributed by atoms with Crippen LogP contribution in [0.1, 0.15) is 31.7 Å². The molecule has 1 aromatic carbocycles. The topological polar surface area (TPSA) is 41.1 Å². The fraction of sp³-hybridized carbons (Fsp3) is 0.562. The van der Waals surface area contributed by atoms with E-state index in [0.717, 1.165) is 32.4 Å². The molecule has 0 aromatic heterocycles. The van der Waals surface area contributed by atoms with Gasteiger partial charge in [0.15, 0.2) is 0 Å². The van der Waals surface area contributed by atoms with Gasteiger partial charge in [-0.2, -0.15) is 0 Å². The van der Waals surface area contributed by atoms with Crippen molar-refractivity contribution in [3.05, 3.63) is 35.9 Å². The van der Waals surface area contributed by atoms with Gasteiger partial charge in [-0.05, 0) is 31.9 Å². The lowest BCUT2D eigenvalue weighted by Crippen LogP contribution is -2.34. The molecule has 0 saturated heterocycles. The van der Waals surface area contributed by atoms with Gasteiger partial charge in [0.25, 0.3) is 0 Å². The van der Waals surface area contributed by atoms with Gasteiger partial charge in [0.1, 0.15) is 0 Å². The second kappa shape index (κ2) is 11.7. The van der Waals surface area contributed by atoms with Gasteiger partial charge in [-0.25, -0.2) is 0 Å². The zero-order valence-corrected chi connectivity index (χ0v) is 13.3. The van der Waals surface area contributed by atoms with Crippen LogP contribution in [0.15, 0.2) is 30.3 Å². The smallest absolute Gasteiger partial charge is 0.224 e. The zero-order valence-electron chi connectivity index (χ0n) is 12.5. The summed E-state index contributed by atoms with van der Waals surface area (Å²) < 4.78 is 0. The van der Waals surface area contributed by atoms with E-state index in [4.69, 9.17) is 0 Å². The van der Waals surface area contributed by atoms with E-state index >= 15 is 0 Å². The Kier molecular flexibility index (Phi) is 11.1. The summed E-state index contributed by atoms with van der Waals surface area (Å²) in [5, 5.41) is 6.00. The fourth-order valence-electron chi connectivity index (χ4n) is 2.06. The van der Waals surface area contributed by atoms with Crippen molar-refractivity contribution in [3.63, 3.8) is 0 Å². The lowest BCUT2D eigenvalue weighted by molar-refractivity contribution is -0.124. The first-order chi connectivity index (χ1) is 9.24. The molecule has 4 heteroatoms. The summed E-state index contributed by atoms with van der Waals surface area (Å²) in [7, 11) is 1.87. The Hall–Kier alpha value is -1.06. The molecule has 1 aromatic rings. The molecule has 3 nitrogen and oxygen atoms in total. The summed E-state index contributed by atoms with van der Waals surface area (Å²) in [5.41, 5.74) is 1.40. The van der Waals surface area contributed by atoms with Gasteiger partial charge in [-0.1, -0.05) is 43.7 Å². The Morgan fingerprint density at radius 2 is 1.85 bits per heavy atom. The molecule has 0 radical (unpaired) electrons. The van der Waals surface area contributed by atoms with Gasteiger partial charge in [-0.15, -0.1) is 12.4 Å². The predicted octanol–water partition coefficient (Wildman–Crippen LogP) is 2.79. The number of aryl methyl sites for hydroxylation is 1. The molecule has 20 heavy (non-hydrogen) atoms. The molecule has 0 aliphatic heterocycles. The molecule has 0 heterocycles. The molecule has 1 rings (SSSR count). The van der Waals surface area contributed by atoms with Crippen LogP contribution >= 0.6 is 12.4 Å². The van der Waals surface area contributed by atoms with Crippen LogP contribution in [0.4, 0.5) is 0 Å². The second-order valence-corrected chi connectivity index (χ2v) is 5.05. The number of unbranched alkanes of at least 4 members (excludes halogenated alkanes) is 2. The Labute approximate surface area is 128 Å². The van der Waals surface area contributed by atoms with Crippen LogP contribution in [-0.2, 0) is 11.2 Å². The molecular formula is C16H27ClN2O. The highest BCUT2D eigenvalue weighted by atomic mass is 35.5. The highest BCUT2D eigenvalue weighted by Gasteiger charge is 2.10. The van der Waals surface area contributed by atoms with Crippen molar-refractivity contribution in [1.82, 2.24) is 10.6 Å². The lowest BCUT2D eigenvalue weighted by atomic mass is 10.1. The van der Waals surface area contributed by atoms with Crippen molar-refractivity contribution < 1.29 is 4.79 Å².